The van der Waals surface area contributed by atoms with E-state index in [0.717, 1.165) is 5.56 Å². The van der Waals surface area contributed by atoms with Gasteiger partial charge in [-0.05, 0) is 57.2 Å². The highest BCUT2D eigenvalue weighted by Crippen LogP contribution is 2.25. The molecule has 0 bridgehead atoms. The predicted molar refractivity (Wildman–Crippen MR) is 154 cm³/mol. The standard InChI is InChI=1S/C29H42N8O4/c1-18(2)16-23-26-31-21(5)33-37(26)15-14-35(12-7-8-25(38)34(6)20(4)27(39)32-23)28(40)22-10-9-19(3)24(17-22)36-13-11-30-29(36)41/h9-10,17-18,20,23H,7-8,11-16H2,1-6H3,(H,30,41)(H,32,39)/t20-,23+/m0/s1. The van der Waals surface area contributed by atoms with Gasteiger partial charge in [0, 0.05) is 50.9 Å². The van der Waals surface area contributed by atoms with E-state index in [-0.39, 0.29) is 36.1 Å². The average Bonchev–Trinajstić information content (AvgIpc) is 3.52. The van der Waals surface area contributed by atoms with E-state index in [1.54, 1.807) is 40.6 Å². The molecule has 3 heterocycles. The number of benzene rings is 1. The van der Waals surface area contributed by atoms with Gasteiger partial charge in [-0.25, -0.2) is 14.5 Å². The first-order chi connectivity index (χ1) is 19.5. The van der Waals surface area contributed by atoms with Crippen LogP contribution in [-0.2, 0) is 16.1 Å². The molecule has 41 heavy (non-hydrogen) atoms. The van der Waals surface area contributed by atoms with Crippen LogP contribution in [0.15, 0.2) is 18.2 Å². The molecule has 1 aromatic carbocycles. The number of likely N-dealkylation sites (N-methyl/N-ethyl adjacent to an activating group) is 1. The second-order valence-corrected chi connectivity index (χ2v) is 11.4. The van der Waals surface area contributed by atoms with E-state index in [0.29, 0.717) is 68.5 Å². The van der Waals surface area contributed by atoms with Gasteiger partial charge < -0.3 is 20.4 Å². The zero-order valence-corrected chi connectivity index (χ0v) is 24.9. The van der Waals surface area contributed by atoms with Crippen LogP contribution < -0.4 is 15.5 Å². The van der Waals surface area contributed by atoms with E-state index in [1.807, 2.05) is 19.9 Å². The van der Waals surface area contributed by atoms with Gasteiger partial charge in [-0.2, -0.15) is 5.10 Å². The number of carbonyl (C=O) groups is 4. The molecule has 2 N–H and O–H groups in total. The first kappa shape index (κ1) is 30.0. The maximum Gasteiger partial charge on any atom is 0.322 e. The summed E-state index contributed by atoms with van der Waals surface area (Å²) in [4.78, 5) is 61.9. The minimum Gasteiger partial charge on any atom is -0.344 e. The largest absolute Gasteiger partial charge is 0.344 e. The van der Waals surface area contributed by atoms with Crippen molar-refractivity contribution in [2.24, 2.45) is 5.92 Å². The average molecular weight is 567 g/mol. The van der Waals surface area contributed by atoms with Crippen LogP contribution in [0.4, 0.5) is 10.5 Å². The molecule has 1 fully saturated rings. The van der Waals surface area contributed by atoms with Crippen molar-refractivity contribution in [1.29, 1.82) is 0 Å². The Morgan fingerprint density at radius 3 is 2.54 bits per heavy atom. The lowest BCUT2D eigenvalue weighted by Gasteiger charge is -2.29. The van der Waals surface area contributed by atoms with Crippen LogP contribution in [0, 0.1) is 19.8 Å². The summed E-state index contributed by atoms with van der Waals surface area (Å²) in [5.74, 6) is 0.900. The molecule has 12 heteroatoms. The number of rotatable bonds is 4. The van der Waals surface area contributed by atoms with Crippen LogP contribution in [0.5, 0.6) is 0 Å². The molecule has 0 unspecified atom stereocenters. The van der Waals surface area contributed by atoms with Crippen molar-refractivity contribution in [3.63, 3.8) is 0 Å². The van der Waals surface area contributed by atoms with Gasteiger partial charge in [0.1, 0.15) is 17.7 Å². The maximum absolute atomic E-state index is 13.9. The van der Waals surface area contributed by atoms with Crippen molar-refractivity contribution in [2.45, 2.75) is 72.5 Å². The van der Waals surface area contributed by atoms with Gasteiger partial charge in [0.15, 0.2) is 0 Å². The van der Waals surface area contributed by atoms with E-state index in [9.17, 15) is 19.2 Å². The minimum absolute atomic E-state index is 0.158. The highest BCUT2D eigenvalue weighted by atomic mass is 16.2. The van der Waals surface area contributed by atoms with Gasteiger partial charge >= 0.3 is 6.03 Å². The third-order valence-electron chi connectivity index (χ3n) is 7.79. The SMILES string of the molecule is Cc1nc2n(n1)CCN(C(=O)c1ccc(C)c(N3CCNC3=O)c1)CCCC(=O)N(C)[C@@H](C)C(=O)N[C@@H]2CC(C)C. The molecule has 0 saturated carbocycles. The zero-order valence-electron chi connectivity index (χ0n) is 24.9. The molecule has 2 aromatic rings. The predicted octanol–water partition coefficient (Wildman–Crippen LogP) is 2.41. The Hall–Kier alpha value is -3.96. The number of amides is 5. The van der Waals surface area contributed by atoms with Crippen LogP contribution >= 0.6 is 0 Å². The lowest BCUT2D eigenvalue weighted by molar-refractivity contribution is -0.138. The van der Waals surface area contributed by atoms with Gasteiger partial charge in [-0.3, -0.25) is 19.3 Å². The lowest BCUT2D eigenvalue weighted by Crippen LogP contribution is -2.47. The Morgan fingerprint density at radius 2 is 1.85 bits per heavy atom. The number of hydrogen-bond donors (Lipinski definition) is 2. The Bertz CT molecular complexity index is 1310. The summed E-state index contributed by atoms with van der Waals surface area (Å²) in [6, 6.07) is 4.17. The molecule has 2 aliphatic heterocycles. The summed E-state index contributed by atoms with van der Waals surface area (Å²) in [6.07, 6.45) is 1.29. The summed E-state index contributed by atoms with van der Waals surface area (Å²) < 4.78 is 1.78. The molecule has 0 spiro atoms. The normalized spacial score (nSPS) is 21.0. The smallest absolute Gasteiger partial charge is 0.322 e. The number of anilines is 1. The first-order valence-electron chi connectivity index (χ1n) is 14.4. The van der Waals surface area contributed by atoms with Crippen molar-refractivity contribution in [1.82, 2.24) is 35.2 Å². The van der Waals surface area contributed by atoms with Gasteiger partial charge in [0.05, 0.1) is 12.6 Å². The Labute approximate surface area is 241 Å². The van der Waals surface area contributed by atoms with E-state index in [4.69, 9.17) is 0 Å². The Morgan fingerprint density at radius 1 is 1.10 bits per heavy atom. The number of carbonyl (C=O) groups excluding carboxylic acids is 4. The molecule has 5 amide bonds. The van der Waals surface area contributed by atoms with Gasteiger partial charge in [0.25, 0.3) is 5.91 Å². The first-order valence-corrected chi connectivity index (χ1v) is 14.4. The van der Waals surface area contributed by atoms with Crippen LogP contribution in [0.2, 0.25) is 0 Å². The van der Waals surface area contributed by atoms with Crippen LogP contribution in [-0.4, -0.2) is 87.6 Å². The van der Waals surface area contributed by atoms with Crippen molar-refractivity contribution >= 4 is 29.4 Å². The summed E-state index contributed by atoms with van der Waals surface area (Å²) in [5.41, 5.74) is 2.09. The maximum atomic E-state index is 13.9. The molecular formula is C29H42N8O4. The summed E-state index contributed by atoms with van der Waals surface area (Å²) >= 11 is 0. The van der Waals surface area contributed by atoms with Crippen molar-refractivity contribution in [2.75, 3.05) is 38.1 Å². The van der Waals surface area contributed by atoms with Gasteiger partial charge in [-0.1, -0.05) is 19.9 Å². The van der Waals surface area contributed by atoms with Crippen LogP contribution in [0.3, 0.4) is 0 Å². The van der Waals surface area contributed by atoms with Crippen molar-refractivity contribution in [3.8, 4) is 0 Å². The minimum atomic E-state index is -0.663. The number of nitrogens with zero attached hydrogens (tertiary/aromatic N) is 6. The number of urea groups is 1. The third-order valence-corrected chi connectivity index (χ3v) is 7.79. The highest BCUT2D eigenvalue weighted by Gasteiger charge is 2.30. The summed E-state index contributed by atoms with van der Waals surface area (Å²) in [6.45, 7) is 11.8. The molecule has 222 valence electrons. The second-order valence-electron chi connectivity index (χ2n) is 11.4. The summed E-state index contributed by atoms with van der Waals surface area (Å²) in [5, 5.41) is 10.5. The molecule has 2 aliphatic rings. The molecule has 0 radical (unpaired) electrons. The fourth-order valence-corrected chi connectivity index (χ4v) is 5.32. The van der Waals surface area contributed by atoms with E-state index in [1.165, 1.54) is 4.90 Å². The van der Waals surface area contributed by atoms with E-state index >= 15 is 0 Å². The van der Waals surface area contributed by atoms with Crippen LogP contribution in [0.25, 0.3) is 0 Å². The summed E-state index contributed by atoms with van der Waals surface area (Å²) in [7, 11) is 1.63. The molecular weight excluding hydrogens is 524 g/mol. The number of fused-ring (bicyclic) bond motifs is 1. The second kappa shape index (κ2) is 12.7. The molecule has 1 aromatic heterocycles. The number of aromatic nitrogens is 3. The topological polar surface area (TPSA) is 133 Å². The van der Waals surface area contributed by atoms with Crippen molar-refractivity contribution < 1.29 is 19.2 Å². The number of nitrogens with one attached hydrogen (secondary N) is 2. The molecule has 12 nitrogen and oxygen atoms in total. The van der Waals surface area contributed by atoms with E-state index in [2.05, 4.69) is 34.6 Å². The monoisotopic (exact) mass is 566 g/mol. The lowest BCUT2D eigenvalue weighted by atomic mass is 10.0. The number of hydrogen-bond acceptors (Lipinski definition) is 6. The van der Waals surface area contributed by atoms with Crippen LogP contribution in [0.1, 0.15) is 73.6 Å². The molecule has 4 rings (SSSR count). The van der Waals surface area contributed by atoms with E-state index < -0.39 is 12.1 Å². The molecule has 1 saturated heterocycles. The zero-order chi connectivity index (χ0) is 29.8. The molecule has 0 aliphatic carbocycles. The Balaban J connectivity index is 1.66. The quantitative estimate of drug-likeness (QED) is 0.584. The highest BCUT2D eigenvalue weighted by molar-refractivity contribution is 5.99. The third kappa shape index (κ3) is 6.86. The number of aryl methyl sites for hydroxylation is 2. The Kier molecular flexibility index (Phi) is 9.29. The molecule has 2 atom stereocenters. The fourth-order valence-electron chi connectivity index (χ4n) is 5.32. The fraction of sp³-hybridized carbons (Fsp3) is 0.586. The van der Waals surface area contributed by atoms with Gasteiger partial charge in [0.2, 0.25) is 11.8 Å². The van der Waals surface area contributed by atoms with Gasteiger partial charge in [-0.15, -0.1) is 0 Å². The van der Waals surface area contributed by atoms with Crippen molar-refractivity contribution in [3.05, 3.63) is 41.0 Å².